The highest BCUT2D eigenvalue weighted by Gasteiger charge is 2.36. The first-order valence-corrected chi connectivity index (χ1v) is 8.85. The second-order valence-electron chi connectivity index (χ2n) is 7.74. The number of pyridine rings is 1. The van der Waals surface area contributed by atoms with Gasteiger partial charge in [0.2, 0.25) is 0 Å². The Kier molecular flexibility index (Phi) is 3.82. The molecule has 1 N–H and O–H groups in total. The molecule has 3 aromatic heterocycles. The molecule has 27 heavy (non-hydrogen) atoms. The molecule has 1 aliphatic rings. The van der Waals surface area contributed by atoms with Crippen LogP contribution in [0.5, 0.6) is 0 Å². The SMILES string of the molecule is CC(C)(C)[C@@H]1Cn2nc(-c3ccoc3)c(Cl)c2-c2cc(=O)c(C(=O)O)cn21. The minimum atomic E-state index is -1.24. The van der Waals surface area contributed by atoms with Crippen LogP contribution in [0.15, 0.2) is 40.1 Å². The quantitative estimate of drug-likeness (QED) is 0.719. The van der Waals surface area contributed by atoms with Crippen LogP contribution < -0.4 is 5.43 Å². The van der Waals surface area contributed by atoms with Crippen molar-refractivity contribution in [2.24, 2.45) is 5.41 Å². The fourth-order valence-electron chi connectivity index (χ4n) is 3.50. The summed E-state index contributed by atoms with van der Waals surface area (Å²) in [5.74, 6) is -1.24. The highest BCUT2D eigenvalue weighted by atomic mass is 35.5. The molecule has 8 heteroatoms. The van der Waals surface area contributed by atoms with E-state index < -0.39 is 11.4 Å². The van der Waals surface area contributed by atoms with Crippen molar-refractivity contribution in [2.75, 3.05) is 0 Å². The van der Waals surface area contributed by atoms with Crippen molar-refractivity contribution in [2.45, 2.75) is 33.4 Å². The van der Waals surface area contributed by atoms with Crippen LogP contribution in [0.4, 0.5) is 0 Å². The number of carboxylic acids is 1. The Hall–Kier alpha value is -2.80. The average molecular weight is 388 g/mol. The third-order valence-corrected chi connectivity index (χ3v) is 5.28. The fraction of sp³-hybridized carbons (Fsp3) is 0.316. The van der Waals surface area contributed by atoms with Gasteiger partial charge in [0.05, 0.1) is 35.8 Å². The number of nitrogens with zero attached hydrogens (tertiary/aromatic N) is 3. The van der Waals surface area contributed by atoms with Gasteiger partial charge in [-0.2, -0.15) is 5.10 Å². The van der Waals surface area contributed by atoms with E-state index in [2.05, 4.69) is 25.9 Å². The zero-order valence-corrected chi connectivity index (χ0v) is 15.8. The fourth-order valence-corrected chi connectivity index (χ4v) is 3.84. The van der Waals surface area contributed by atoms with E-state index in [9.17, 15) is 14.7 Å². The largest absolute Gasteiger partial charge is 0.477 e. The van der Waals surface area contributed by atoms with Gasteiger partial charge in [-0.15, -0.1) is 0 Å². The third-order valence-electron chi connectivity index (χ3n) is 4.92. The third kappa shape index (κ3) is 2.70. The van der Waals surface area contributed by atoms with E-state index in [0.717, 1.165) is 5.56 Å². The van der Waals surface area contributed by atoms with Crippen molar-refractivity contribution in [1.29, 1.82) is 0 Å². The Morgan fingerprint density at radius 1 is 1.41 bits per heavy atom. The predicted octanol–water partition coefficient (Wildman–Crippen LogP) is 3.92. The second kappa shape index (κ2) is 5.85. The lowest BCUT2D eigenvalue weighted by Crippen LogP contribution is -2.35. The first-order chi connectivity index (χ1) is 12.7. The van der Waals surface area contributed by atoms with E-state index in [4.69, 9.17) is 16.0 Å². The highest BCUT2D eigenvalue weighted by Crippen LogP contribution is 2.44. The van der Waals surface area contributed by atoms with E-state index in [-0.39, 0.29) is 17.0 Å². The van der Waals surface area contributed by atoms with E-state index in [1.165, 1.54) is 12.3 Å². The van der Waals surface area contributed by atoms with Crippen molar-refractivity contribution in [3.8, 4) is 22.6 Å². The Morgan fingerprint density at radius 3 is 2.74 bits per heavy atom. The Bertz CT molecular complexity index is 1100. The summed E-state index contributed by atoms with van der Waals surface area (Å²) in [7, 11) is 0. The van der Waals surface area contributed by atoms with Crippen molar-refractivity contribution >= 4 is 17.6 Å². The van der Waals surface area contributed by atoms with Crippen LogP contribution in [0, 0.1) is 5.41 Å². The molecule has 0 saturated heterocycles. The Balaban J connectivity index is 2.02. The molecule has 4 rings (SSSR count). The van der Waals surface area contributed by atoms with Gasteiger partial charge >= 0.3 is 5.97 Å². The number of furan rings is 1. The molecule has 0 aromatic carbocycles. The lowest BCUT2D eigenvalue weighted by molar-refractivity contribution is 0.0693. The normalized spacial score (nSPS) is 16.1. The molecule has 0 unspecified atom stereocenters. The van der Waals surface area contributed by atoms with Gasteiger partial charge in [-0.05, 0) is 11.5 Å². The van der Waals surface area contributed by atoms with E-state index >= 15 is 0 Å². The smallest absolute Gasteiger partial charge is 0.341 e. The number of carboxylic acid groups (broad SMARTS) is 1. The van der Waals surface area contributed by atoms with Crippen LogP contribution in [-0.4, -0.2) is 25.4 Å². The summed E-state index contributed by atoms with van der Waals surface area (Å²) in [6, 6.07) is 2.99. The first kappa shape index (κ1) is 17.6. The number of hydrogen-bond acceptors (Lipinski definition) is 4. The van der Waals surface area contributed by atoms with E-state index in [0.29, 0.717) is 28.6 Å². The van der Waals surface area contributed by atoms with Crippen molar-refractivity contribution < 1.29 is 14.3 Å². The van der Waals surface area contributed by atoms with Crippen molar-refractivity contribution in [1.82, 2.24) is 14.3 Å². The maximum atomic E-state index is 12.4. The highest BCUT2D eigenvalue weighted by molar-refractivity contribution is 6.35. The number of hydrogen-bond donors (Lipinski definition) is 1. The minimum Gasteiger partial charge on any atom is -0.477 e. The topological polar surface area (TPSA) is 90.3 Å². The van der Waals surface area contributed by atoms with Gasteiger partial charge in [0.15, 0.2) is 5.43 Å². The maximum Gasteiger partial charge on any atom is 0.341 e. The zero-order chi connectivity index (χ0) is 19.5. The molecular weight excluding hydrogens is 370 g/mol. The molecule has 0 radical (unpaired) electrons. The molecule has 1 atom stereocenters. The molecule has 0 saturated carbocycles. The molecule has 0 aliphatic carbocycles. The summed E-state index contributed by atoms with van der Waals surface area (Å²) in [5, 5.41) is 14.4. The molecule has 3 aromatic rings. The summed E-state index contributed by atoms with van der Waals surface area (Å²) in [4.78, 5) is 23.8. The molecular formula is C19H18ClN3O4. The number of aromatic nitrogens is 3. The van der Waals surface area contributed by atoms with Crippen LogP contribution in [0.25, 0.3) is 22.6 Å². The summed E-state index contributed by atoms with van der Waals surface area (Å²) < 4.78 is 8.76. The molecule has 0 fully saturated rings. The summed E-state index contributed by atoms with van der Waals surface area (Å²) in [5.41, 5.74) is 1.45. The van der Waals surface area contributed by atoms with Crippen LogP contribution in [0.2, 0.25) is 5.02 Å². The number of fused-ring (bicyclic) bond motifs is 3. The van der Waals surface area contributed by atoms with Gasteiger partial charge in [0, 0.05) is 17.8 Å². The molecule has 0 bridgehead atoms. The Morgan fingerprint density at radius 2 is 2.15 bits per heavy atom. The molecule has 4 heterocycles. The molecule has 7 nitrogen and oxygen atoms in total. The molecule has 0 spiro atoms. The van der Waals surface area contributed by atoms with Gasteiger partial charge in [-0.1, -0.05) is 32.4 Å². The summed E-state index contributed by atoms with van der Waals surface area (Å²) in [6.45, 7) is 6.69. The average Bonchev–Trinajstić information content (AvgIpc) is 3.20. The number of aromatic carboxylic acids is 1. The summed E-state index contributed by atoms with van der Waals surface area (Å²) >= 11 is 6.62. The first-order valence-electron chi connectivity index (χ1n) is 8.47. The van der Waals surface area contributed by atoms with Crippen LogP contribution in [0.1, 0.15) is 37.2 Å². The monoisotopic (exact) mass is 387 g/mol. The lowest BCUT2D eigenvalue weighted by Gasteiger charge is -2.38. The van der Waals surface area contributed by atoms with Crippen molar-refractivity contribution in [3.63, 3.8) is 0 Å². The number of carbonyl (C=O) groups is 1. The number of halogens is 1. The van der Waals surface area contributed by atoms with Crippen LogP contribution >= 0.6 is 11.6 Å². The Labute approximate surface area is 159 Å². The molecule has 140 valence electrons. The van der Waals surface area contributed by atoms with E-state index in [1.54, 1.807) is 23.3 Å². The van der Waals surface area contributed by atoms with Gasteiger partial charge in [-0.25, -0.2) is 4.79 Å². The van der Waals surface area contributed by atoms with Gasteiger partial charge in [0.1, 0.15) is 17.0 Å². The zero-order valence-electron chi connectivity index (χ0n) is 15.1. The van der Waals surface area contributed by atoms with E-state index in [1.807, 2.05) is 4.57 Å². The van der Waals surface area contributed by atoms with Gasteiger partial charge < -0.3 is 14.1 Å². The van der Waals surface area contributed by atoms with Gasteiger partial charge in [-0.3, -0.25) is 9.48 Å². The molecule has 0 amide bonds. The summed E-state index contributed by atoms with van der Waals surface area (Å²) in [6.07, 6.45) is 4.52. The minimum absolute atomic E-state index is 0.105. The van der Waals surface area contributed by atoms with Crippen LogP contribution in [0.3, 0.4) is 0 Å². The predicted molar refractivity (Wildman–Crippen MR) is 100 cm³/mol. The van der Waals surface area contributed by atoms with Gasteiger partial charge in [0.25, 0.3) is 0 Å². The maximum absolute atomic E-state index is 12.4. The standard InChI is InChI=1S/C19H18ClN3O4/c1-19(2,3)14-8-23-17(15(20)16(21-23)10-4-5-27-9-10)12-6-13(24)11(18(25)26)7-22(12)14/h4-7,9,14H,8H2,1-3H3,(H,25,26)/t14-/m0/s1. The molecule has 1 aliphatic heterocycles. The lowest BCUT2D eigenvalue weighted by atomic mass is 9.85. The number of rotatable bonds is 2. The van der Waals surface area contributed by atoms with Crippen LogP contribution in [-0.2, 0) is 6.54 Å². The van der Waals surface area contributed by atoms with Crippen molar-refractivity contribution in [3.05, 3.63) is 51.7 Å². The second-order valence-corrected chi connectivity index (χ2v) is 8.11.